The van der Waals surface area contributed by atoms with Gasteiger partial charge in [-0.05, 0) is 70.4 Å². The van der Waals surface area contributed by atoms with Crippen molar-refractivity contribution in [1.29, 1.82) is 5.41 Å². The molecule has 0 bridgehead atoms. The maximum absolute atomic E-state index is 8.03. The van der Waals surface area contributed by atoms with Gasteiger partial charge in [0.2, 0.25) is 0 Å². The first-order valence-corrected chi connectivity index (χ1v) is 13.5. The minimum Gasteiger partial charge on any atom is -0.309 e. The summed E-state index contributed by atoms with van der Waals surface area (Å²) in [6, 6.07) is 41.7. The first kappa shape index (κ1) is 24.4. The van der Waals surface area contributed by atoms with E-state index in [0.29, 0.717) is 0 Å². The molecular formula is C37H26N4. The molecule has 4 nitrogen and oxygen atoms in total. The number of hydrogen-bond donors (Lipinski definition) is 1. The molecule has 0 aliphatic carbocycles. The molecule has 3 aromatic heterocycles. The molecule has 0 radical (unpaired) electrons. The zero-order valence-corrected chi connectivity index (χ0v) is 22.3. The summed E-state index contributed by atoms with van der Waals surface area (Å²) in [5, 5.41) is 11.4. The predicted octanol–water partition coefficient (Wildman–Crippen LogP) is 9.22. The quantitative estimate of drug-likeness (QED) is 0.220. The van der Waals surface area contributed by atoms with Gasteiger partial charge in [0, 0.05) is 34.6 Å². The Kier molecular flexibility index (Phi) is 6.06. The van der Waals surface area contributed by atoms with Gasteiger partial charge in [0.05, 0.1) is 28.3 Å². The first-order chi connectivity index (χ1) is 20.2. The molecule has 0 aliphatic heterocycles. The molecule has 0 saturated heterocycles. The second kappa shape index (κ2) is 10.2. The number of benzene rings is 4. The van der Waals surface area contributed by atoms with Crippen molar-refractivity contribution in [1.82, 2.24) is 14.5 Å². The van der Waals surface area contributed by atoms with E-state index in [2.05, 4.69) is 107 Å². The average Bonchev–Trinajstić information content (AvgIpc) is 3.38. The molecule has 7 aromatic rings. The molecule has 41 heavy (non-hydrogen) atoms. The number of rotatable bonds is 6. The minimum absolute atomic E-state index is 0.830. The smallest absolute Gasteiger partial charge is 0.0899 e. The number of nitrogens with zero attached hydrogens (tertiary/aromatic N) is 3. The Hall–Kier alpha value is -5.61. The van der Waals surface area contributed by atoms with E-state index >= 15 is 0 Å². The highest BCUT2D eigenvalue weighted by molar-refractivity contribution is 6.03. The Balaban J connectivity index is 1.39. The minimum atomic E-state index is 0.830. The van der Waals surface area contributed by atoms with Gasteiger partial charge in [-0.3, -0.25) is 4.98 Å². The molecular weight excluding hydrogens is 500 g/mol. The Morgan fingerprint density at radius 1 is 0.659 bits per heavy atom. The monoisotopic (exact) mass is 526 g/mol. The molecule has 0 unspecified atom stereocenters. The molecule has 0 amide bonds. The van der Waals surface area contributed by atoms with Crippen LogP contribution in [0.1, 0.15) is 11.3 Å². The van der Waals surface area contributed by atoms with Gasteiger partial charge in [-0.25, -0.2) is 4.98 Å². The first-order valence-electron chi connectivity index (χ1n) is 13.5. The zero-order chi connectivity index (χ0) is 27.8. The van der Waals surface area contributed by atoms with Crippen LogP contribution in [0.5, 0.6) is 0 Å². The van der Waals surface area contributed by atoms with Crippen LogP contribution in [0.2, 0.25) is 0 Å². The van der Waals surface area contributed by atoms with E-state index in [1.54, 1.807) is 6.20 Å². The van der Waals surface area contributed by atoms with Crippen molar-refractivity contribution in [3.63, 3.8) is 0 Å². The van der Waals surface area contributed by atoms with Crippen LogP contribution >= 0.6 is 0 Å². The summed E-state index contributed by atoms with van der Waals surface area (Å²) in [5.41, 5.74) is 9.65. The van der Waals surface area contributed by atoms with Crippen molar-refractivity contribution in [3.8, 4) is 39.5 Å². The molecule has 0 aliphatic rings. The molecule has 0 atom stereocenters. The SMILES string of the molecule is C=Cc1c(C=N)c2ccccc2n1-c1ccc(-c2cc(-c3ccccn3)nc(-c3cccc4ccccc34)c2)cc1. The van der Waals surface area contributed by atoms with E-state index in [1.807, 2.05) is 36.4 Å². The molecule has 0 saturated carbocycles. The summed E-state index contributed by atoms with van der Waals surface area (Å²) in [4.78, 5) is 9.68. The van der Waals surface area contributed by atoms with Gasteiger partial charge in [-0.2, -0.15) is 0 Å². The third-order valence-corrected chi connectivity index (χ3v) is 7.57. The molecule has 3 heterocycles. The van der Waals surface area contributed by atoms with Gasteiger partial charge in [0.25, 0.3) is 0 Å². The van der Waals surface area contributed by atoms with Crippen molar-refractivity contribution >= 4 is 34.0 Å². The molecule has 4 heteroatoms. The number of hydrogen-bond acceptors (Lipinski definition) is 3. The van der Waals surface area contributed by atoms with Crippen LogP contribution in [0.15, 0.2) is 134 Å². The highest BCUT2D eigenvalue weighted by Crippen LogP contribution is 2.34. The fourth-order valence-electron chi connectivity index (χ4n) is 5.65. The molecule has 7 rings (SSSR count). The fourth-order valence-corrected chi connectivity index (χ4v) is 5.65. The lowest BCUT2D eigenvalue weighted by molar-refractivity contribution is 1.11. The number of para-hydroxylation sites is 1. The highest BCUT2D eigenvalue weighted by Gasteiger charge is 2.16. The summed E-state index contributed by atoms with van der Waals surface area (Å²) >= 11 is 0. The summed E-state index contributed by atoms with van der Waals surface area (Å²) in [6.45, 7) is 4.05. The Bertz CT molecular complexity index is 2060. The average molecular weight is 527 g/mol. The lowest BCUT2D eigenvalue weighted by atomic mass is 9.97. The van der Waals surface area contributed by atoms with Gasteiger partial charge in [-0.1, -0.05) is 85.4 Å². The fraction of sp³-hybridized carbons (Fsp3) is 0. The molecule has 194 valence electrons. The van der Waals surface area contributed by atoms with Crippen LogP contribution in [-0.4, -0.2) is 20.7 Å². The Morgan fingerprint density at radius 3 is 2.17 bits per heavy atom. The van der Waals surface area contributed by atoms with Crippen LogP contribution in [0.3, 0.4) is 0 Å². The van der Waals surface area contributed by atoms with Crippen LogP contribution in [0, 0.1) is 5.41 Å². The van der Waals surface area contributed by atoms with Crippen molar-refractivity contribution < 1.29 is 0 Å². The maximum Gasteiger partial charge on any atom is 0.0899 e. The van der Waals surface area contributed by atoms with Gasteiger partial charge in [0.1, 0.15) is 0 Å². The number of pyridine rings is 2. The van der Waals surface area contributed by atoms with Gasteiger partial charge in [-0.15, -0.1) is 0 Å². The third-order valence-electron chi connectivity index (χ3n) is 7.57. The number of aromatic nitrogens is 3. The number of nitrogens with one attached hydrogen (secondary N) is 1. The highest BCUT2D eigenvalue weighted by atomic mass is 15.0. The van der Waals surface area contributed by atoms with E-state index in [-0.39, 0.29) is 0 Å². The van der Waals surface area contributed by atoms with Crippen molar-refractivity contribution in [2.75, 3.05) is 0 Å². The summed E-state index contributed by atoms with van der Waals surface area (Å²) in [6.07, 6.45) is 5.04. The van der Waals surface area contributed by atoms with Gasteiger partial charge < -0.3 is 9.98 Å². The van der Waals surface area contributed by atoms with Gasteiger partial charge in [0.15, 0.2) is 0 Å². The Morgan fingerprint density at radius 2 is 1.39 bits per heavy atom. The van der Waals surface area contributed by atoms with Crippen LogP contribution < -0.4 is 0 Å². The summed E-state index contributed by atoms with van der Waals surface area (Å²) in [5.74, 6) is 0. The molecule has 1 N–H and O–H groups in total. The second-order valence-corrected chi connectivity index (χ2v) is 9.91. The zero-order valence-electron chi connectivity index (χ0n) is 22.3. The van der Waals surface area contributed by atoms with E-state index in [9.17, 15) is 0 Å². The van der Waals surface area contributed by atoms with Crippen LogP contribution in [0.25, 0.3) is 67.2 Å². The molecule has 4 aromatic carbocycles. The van der Waals surface area contributed by atoms with Crippen LogP contribution in [0.4, 0.5) is 0 Å². The molecule has 0 fully saturated rings. The molecule has 0 spiro atoms. The normalized spacial score (nSPS) is 11.1. The summed E-state index contributed by atoms with van der Waals surface area (Å²) < 4.78 is 2.17. The summed E-state index contributed by atoms with van der Waals surface area (Å²) in [7, 11) is 0. The largest absolute Gasteiger partial charge is 0.309 e. The third kappa shape index (κ3) is 4.23. The van der Waals surface area contributed by atoms with Crippen LogP contribution in [-0.2, 0) is 0 Å². The van der Waals surface area contributed by atoms with Gasteiger partial charge >= 0.3 is 0 Å². The lowest BCUT2D eigenvalue weighted by Crippen LogP contribution is -1.98. The van der Waals surface area contributed by atoms with E-state index in [0.717, 1.165) is 61.6 Å². The van der Waals surface area contributed by atoms with E-state index in [4.69, 9.17) is 10.4 Å². The Labute approximate surface area is 238 Å². The number of fused-ring (bicyclic) bond motifs is 2. The van der Waals surface area contributed by atoms with Crippen molar-refractivity contribution in [2.24, 2.45) is 0 Å². The van der Waals surface area contributed by atoms with Crippen molar-refractivity contribution in [3.05, 3.63) is 145 Å². The lowest BCUT2D eigenvalue weighted by Gasteiger charge is -2.13. The van der Waals surface area contributed by atoms with Crippen molar-refractivity contribution in [2.45, 2.75) is 0 Å². The van der Waals surface area contributed by atoms with E-state index in [1.165, 1.54) is 17.0 Å². The predicted molar refractivity (Wildman–Crippen MR) is 171 cm³/mol. The second-order valence-electron chi connectivity index (χ2n) is 9.91. The van der Waals surface area contributed by atoms with E-state index < -0.39 is 0 Å². The maximum atomic E-state index is 8.03. The standard InChI is InChI=1S/C37H26N4/c1-2-36-32(24-38)31-13-5-6-16-37(31)41(36)28-19-17-25(18-20-28)27-22-34(40-35(23-27)33-15-7-8-21-39-33)30-14-9-11-26-10-3-4-12-29(26)30/h2-24,38H,1H2. The topological polar surface area (TPSA) is 54.6 Å².